The van der Waals surface area contributed by atoms with E-state index in [1.807, 2.05) is 13.8 Å². The molecule has 0 aromatic rings. The molecule has 0 aromatic heterocycles. The average molecular weight is 228 g/mol. The fraction of sp³-hybridized carbons (Fsp3) is 0.923. The predicted molar refractivity (Wildman–Crippen MR) is 69.2 cm³/mol. The second-order valence-corrected chi connectivity index (χ2v) is 5.26. The first kappa shape index (κ1) is 15.4. The lowest BCUT2D eigenvalue weighted by Gasteiger charge is -2.25. The molecule has 1 amide bonds. The van der Waals surface area contributed by atoms with Gasteiger partial charge in [0.15, 0.2) is 0 Å². The summed E-state index contributed by atoms with van der Waals surface area (Å²) in [6.45, 7) is 8.73. The van der Waals surface area contributed by atoms with Crippen molar-refractivity contribution in [2.24, 2.45) is 11.7 Å². The summed E-state index contributed by atoms with van der Waals surface area (Å²) in [5.41, 5.74) is 5.31. The predicted octanol–water partition coefficient (Wildman–Crippen LogP) is 2.45. The Labute approximate surface area is 100 Å². The van der Waals surface area contributed by atoms with Crippen molar-refractivity contribution in [2.45, 2.75) is 65.3 Å². The van der Waals surface area contributed by atoms with Crippen molar-refractivity contribution < 1.29 is 4.79 Å². The molecular formula is C13H28N2O. The van der Waals surface area contributed by atoms with Gasteiger partial charge >= 0.3 is 0 Å². The minimum atomic E-state index is -0.278. The van der Waals surface area contributed by atoms with Gasteiger partial charge in [0.05, 0.1) is 0 Å². The van der Waals surface area contributed by atoms with Crippen molar-refractivity contribution in [1.82, 2.24) is 5.32 Å². The van der Waals surface area contributed by atoms with Gasteiger partial charge < -0.3 is 11.1 Å². The lowest BCUT2D eigenvalue weighted by atomic mass is 9.95. The molecule has 0 saturated heterocycles. The lowest BCUT2D eigenvalue weighted by molar-refractivity contribution is -0.123. The first-order valence-corrected chi connectivity index (χ1v) is 6.46. The van der Waals surface area contributed by atoms with E-state index >= 15 is 0 Å². The second kappa shape index (κ2) is 7.66. The molecule has 0 fully saturated rings. The topological polar surface area (TPSA) is 55.1 Å². The van der Waals surface area contributed by atoms with Gasteiger partial charge in [0, 0.05) is 18.5 Å². The lowest BCUT2D eigenvalue weighted by Crippen LogP contribution is -2.49. The van der Waals surface area contributed by atoms with E-state index in [0.717, 1.165) is 12.8 Å². The van der Waals surface area contributed by atoms with Gasteiger partial charge in [0.2, 0.25) is 5.91 Å². The zero-order valence-electron chi connectivity index (χ0n) is 11.3. The van der Waals surface area contributed by atoms with Gasteiger partial charge in [-0.1, -0.05) is 33.1 Å². The molecule has 0 spiro atoms. The van der Waals surface area contributed by atoms with Crippen molar-refractivity contribution in [2.75, 3.05) is 6.54 Å². The zero-order valence-corrected chi connectivity index (χ0v) is 11.3. The summed E-state index contributed by atoms with van der Waals surface area (Å²) in [6, 6.07) is 0. The van der Waals surface area contributed by atoms with Crippen molar-refractivity contribution in [3.63, 3.8) is 0 Å². The molecule has 1 atom stereocenters. The number of nitrogens with one attached hydrogen (secondary N) is 1. The van der Waals surface area contributed by atoms with Crippen molar-refractivity contribution in [3.05, 3.63) is 0 Å². The molecule has 16 heavy (non-hydrogen) atoms. The van der Waals surface area contributed by atoms with Crippen LogP contribution in [-0.4, -0.2) is 18.0 Å². The molecular weight excluding hydrogens is 200 g/mol. The highest BCUT2D eigenvalue weighted by atomic mass is 16.1. The molecule has 3 heteroatoms. The maximum atomic E-state index is 11.8. The van der Waals surface area contributed by atoms with E-state index < -0.39 is 0 Å². The number of carbonyl (C=O) groups is 1. The number of unbranched alkanes of at least 4 members (excludes halogenated alkanes) is 1. The van der Waals surface area contributed by atoms with E-state index in [9.17, 15) is 4.79 Å². The minimum Gasteiger partial charge on any atom is -0.350 e. The van der Waals surface area contributed by atoms with Crippen molar-refractivity contribution >= 4 is 5.91 Å². The molecule has 0 aliphatic heterocycles. The van der Waals surface area contributed by atoms with E-state index in [2.05, 4.69) is 19.2 Å². The van der Waals surface area contributed by atoms with Gasteiger partial charge in [0.1, 0.15) is 0 Å². The third kappa shape index (κ3) is 6.83. The van der Waals surface area contributed by atoms with Gasteiger partial charge in [-0.05, 0) is 26.2 Å². The standard InChI is InChI=1S/C13H28N2O/c1-5-7-8-11(6-2)9-12(16)15-13(3,4)10-14/h11H,5-10,14H2,1-4H3,(H,15,16). The summed E-state index contributed by atoms with van der Waals surface area (Å²) in [4.78, 5) is 11.8. The van der Waals surface area contributed by atoms with Crippen LogP contribution in [0.5, 0.6) is 0 Å². The molecule has 0 radical (unpaired) electrons. The zero-order chi connectivity index (χ0) is 12.6. The van der Waals surface area contributed by atoms with Crippen LogP contribution in [0.15, 0.2) is 0 Å². The highest BCUT2D eigenvalue weighted by Gasteiger charge is 2.20. The third-order valence-electron chi connectivity index (χ3n) is 3.01. The maximum Gasteiger partial charge on any atom is 0.220 e. The largest absolute Gasteiger partial charge is 0.350 e. The molecule has 0 aliphatic rings. The molecule has 3 nitrogen and oxygen atoms in total. The van der Waals surface area contributed by atoms with E-state index in [4.69, 9.17) is 5.73 Å². The van der Waals surface area contributed by atoms with Gasteiger partial charge in [-0.2, -0.15) is 0 Å². The number of amides is 1. The number of nitrogens with two attached hydrogens (primary N) is 1. The van der Waals surface area contributed by atoms with E-state index in [-0.39, 0.29) is 11.4 Å². The summed E-state index contributed by atoms with van der Waals surface area (Å²) in [7, 11) is 0. The van der Waals surface area contributed by atoms with Crippen molar-refractivity contribution in [1.29, 1.82) is 0 Å². The number of carbonyl (C=O) groups excluding carboxylic acids is 1. The smallest absolute Gasteiger partial charge is 0.220 e. The molecule has 0 aromatic carbocycles. The second-order valence-electron chi connectivity index (χ2n) is 5.26. The summed E-state index contributed by atoms with van der Waals surface area (Å²) in [5, 5.41) is 2.98. The Morgan fingerprint density at radius 1 is 1.38 bits per heavy atom. The Balaban J connectivity index is 4.00. The Bertz CT molecular complexity index is 202. The highest BCUT2D eigenvalue weighted by Crippen LogP contribution is 2.16. The first-order valence-electron chi connectivity index (χ1n) is 6.46. The SMILES string of the molecule is CCCCC(CC)CC(=O)NC(C)(C)CN. The Kier molecular flexibility index (Phi) is 7.39. The minimum absolute atomic E-state index is 0.137. The molecule has 96 valence electrons. The molecule has 3 N–H and O–H groups in total. The van der Waals surface area contributed by atoms with Crippen LogP contribution in [0.25, 0.3) is 0 Å². The van der Waals surface area contributed by atoms with Crippen LogP contribution in [0.4, 0.5) is 0 Å². The average Bonchev–Trinajstić information content (AvgIpc) is 2.23. The molecule has 1 unspecified atom stereocenters. The summed E-state index contributed by atoms with van der Waals surface area (Å²) >= 11 is 0. The monoisotopic (exact) mass is 228 g/mol. The molecule has 0 bridgehead atoms. The quantitative estimate of drug-likeness (QED) is 0.670. The van der Waals surface area contributed by atoms with Gasteiger partial charge in [-0.15, -0.1) is 0 Å². The van der Waals surface area contributed by atoms with E-state index in [0.29, 0.717) is 18.9 Å². The Hall–Kier alpha value is -0.570. The summed E-state index contributed by atoms with van der Waals surface area (Å²) in [6.07, 6.45) is 5.29. The van der Waals surface area contributed by atoms with Crippen LogP contribution < -0.4 is 11.1 Å². The van der Waals surface area contributed by atoms with E-state index in [1.54, 1.807) is 0 Å². The molecule has 0 saturated carbocycles. The highest BCUT2D eigenvalue weighted by molar-refractivity contribution is 5.76. The third-order valence-corrected chi connectivity index (χ3v) is 3.01. The van der Waals surface area contributed by atoms with Crippen LogP contribution in [0.3, 0.4) is 0 Å². The number of rotatable bonds is 8. The maximum absolute atomic E-state index is 11.8. The van der Waals surface area contributed by atoms with Crippen LogP contribution in [0, 0.1) is 5.92 Å². The van der Waals surface area contributed by atoms with Crippen LogP contribution in [-0.2, 0) is 4.79 Å². The first-order chi connectivity index (χ1) is 7.45. The van der Waals surface area contributed by atoms with Crippen LogP contribution in [0.2, 0.25) is 0 Å². The number of hydrogen-bond donors (Lipinski definition) is 2. The summed E-state index contributed by atoms with van der Waals surface area (Å²) in [5.74, 6) is 0.659. The van der Waals surface area contributed by atoms with Gasteiger partial charge in [-0.3, -0.25) is 4.79 Å². The molecule has 0 rings (SSSR count). The van der Waals surface area contributed by atoms with Gasteiger partial charge in [-0.25, -0.2) is 0 Å². The number of hydrogen-bond acceptors (Lipinski definition) is 2. The fourth-order valence-electron chi connectivity index (χ4n) is 1.68. The van der Waals surface area contributed by atoms with E-state index in [1.165, 1.54) is 12.8 Å². The van der Waals surface area contributed by atoms with Crippen LogP contribution >= 0.6 is 0 Å². The Morgan fingerprint density at radius 3 is 2.44 bits per heavy atom. The molecule has 0 aliphatic carbocycles. The van der Waals surface area contributed by atoms with Crippen LogP contribution in [0.1, 0.15) is 59.8 Å². The summed E-state index contributed by atoms with van der Waals surface area (Å²) < 4.78 is 0. The fourth-order valence-corrected chi connectivity index (χ4v) is 1.68. The molecule has 0 heterocycles. The normalized spacial score (nSPS) is 13.6. The van der Waals surface area contributed by atoms with Crippen molar-refractivity contribution in [3.8, 4) is 0 Å². The van der Waals surface area contributed by atoms with Gasteiger partial charge in [0.25, 0.3) is 0 Å². The Morgan fingerprint density at radius 2 is 2.00 bits per heavy atom.